The van der Waals surface area contributed by atoms with Crippen LogP contribution in [0.15, 0.2) is 82.6 Å². The van der Waals surface area contributed by atoms with Gasteiger partial charge in [-0.3, -0.25) is 9.10 Å². The van der Waals surface area contributed by atoms with Crippen LogP contribution in [-0.2, 0) is 14.8 Å². The first kappa shape index (κ1) is 22.0. The lowest BCUT2D eigenvalue weighted by Gasteiger charge is -2.34. The highest BCUT2D eigenvalue weighted by Gasteiger charge is 2.37. The van der Waals surface area contributed by atoms with E-state index in [2.05, 4.69) is 5.32 Å². The lowest BCUT2D eigenvalue weighted by molar-refractivity contribution is -0.122. The number of sulfonamides is 1. The van der Waals surface area contributed by atoms with Crippen LogP contribution in [0.4, 0.5) is 11.4 Å². The van der Waals surface area contributed by atoms with E-state index in [1.54, 1.807) is 54.2 Å². The average Bonchev–Trinajstić information content (AvgIpc) is 2.83. The van der Waals surface area contributed by atoms with Gasteiger partial charge in [-0.1, -0.05) is 18.2 Å². The number of amides is 1. The summed E-state index contributed by atoms with van der Waals surface area (Å²) in [6.07, 6.45) is 0.931. The number of ether oxygens (including phenoxy) is 2. The highest BCUT2D eigenvalue weighted by molar-refractivity contribution is 7.98. The van der Waals surface area contributed by atoms with E-state index in [4.69, 9.17) is 9.47 Å². The molecule has 1 amide bonds. The van der Waals surface area contributed by atoms with Crippen LogP contribution >= 0.6 is 11.8 Å². The second-order valence-corrected chi connectivity index (χ2v) is 9.75. The molecule has 1 N–H and O–H groups in total. The van der Waals surface area contributed by atoms with E-state index >= 15 is 0 Å². The molecule has 0 saturated carbocycles. The molecule has 9 heteroatoms. The number of fused-ring (bicyclic) bond motifs is 1. The summed E-state index contributed by atoms with van der Waals surface area (Å²) in [4.78, 5) is 14.1. The van der Waals surface area contributed by atoms with Crippen molar-refractivity contribution in [3.8, 4) is 11.5 Å². The quantitative estimate of drug-likeness (QED) is 0.548. The second kappa shape index (κ2) is 9.13. The maximum absolute atomic E-state index is 13.5. The van der Waals surface area contributed by atoms with Crippen LogP contribution in [0.1, 0.15) is 0 Å². The predicted octanol–water partition coefficient (Wildman–Crippen LogP) is 4.01. The molecule has 1 aliphatic heterocycles. The van der Waals surface area contributed by atoms with Gasteiger partial charge in [0.25, 0.3) is 15.9 Å². The summed E-state index contributed by atoms with van der Waals surface area (Å²) in [5.74, 6) is 0.456. The molecule has 7 nitrogen and oxygen atoms in total. The minimum absolute atomic E-state index is 0.0989. The summed E-state index contributed by atoms with van der Waals surface area (Å²) >= 11 is 1.56. The number of methoxy groups -OCH3 is 1. The van der Waals surface area contributed by atoms with Gasteiger partial charge in [0, 0.05) is 10.6 Å². The van der Waals surface area contributed by atoms with Crippen LogP contribution in [0.3, 0.4) is 0 Å². The number of nitrogens with zero attached hydrogens (tertiary/aromatic N) is 1. The van der Waals surface area contributed by atoms with Crippen molar-refractivity contribution in [1.82, 2.24) is 0 Å². The van der Waals surface area contributed by atoms with Gasteiger partial charge in [0.05, 0.1) is 24.2 Å². The molecule has 0 spiro atoms. The summed E-state index contributed by atoms with van der Waals surface area (Å²) in [5, 5.41) is 2.83. The molecule has 166 valence electrons. The van der Waals surface area contributed by atoms with Crippen molar-refractivity contribution in [1.29, 1.82) is 0 Å². The van der Waals surface area contributed by atoms with Gasteiger partial charge in [-0.05, 0) is 60.9 Å². The molecule has 1 atom stereocenters. The average molecular weight is 471 g/mol. The maximum Gasteiger partial charge on any atom is 0.267 e. The Kier molecular flexibility index (Phi) is 6.29. The topological polar surface area (TPSA) is 84.9 Å². The Hall–Kier alpha value is -3.17. The van der Waals surface area contributed by atoms with E-state index in [9.17, 15) is 13.2 Å². The molecule has 0 bridgehead atoms. The smallest absolute Gasteiger partial charge is 0.267 e. The number of benzene rings is 3. The fourth-order valence-electron chi connectivity index (χ4n) is 3.36. The molecule has 1 heterocycles. The highest BCUT2D eigenvalue weighted by Crippen LogP contribution is 2.37. The standard InChI is InChI=1S/C23H22N2O5S2/c1-29-17-10-12-19(13-11-17)32(27,28)25-15-22(30-21-9-4-3-8-20(21)25)23(26)24-16-6-5-7-18(14-16)31-2/h3-14,22H,15H2,1-2H3,(H,24,26)/t22-/m1/s1. The Balaban J connectivity index is 1.64. The van der Waals surface area contributed by atoms with Crippen molar-refractivity contribution in [2.24, 2.45) is 0 Å². The van der Waals surface area contributed by atoms with Gasteiger partial charge < -0.3 is 14.8 Å². The number of hydrogen-bond donors (Lipinski definition) is 1. The first-order valence-electron chi connectivity index (χ1n) is 9.80. The predicted molar refractivity (Wildman–Crippen MR) is 125 cm³/mol. The lowest BCUT2D eigenvalue weighted by atomic mass is 10.2. The van der Waals surface area contributed by atoms with Gasteiger partial charge in [0.15, 0.2) is 6.10 Å². The van der Waals surface area contributed by atoms with E-state index in [1.807, 2.05) is 24.5 Å². The van der Waals surface area contributed by atoms with Gasteiger partial charge in [-0.15, -0.1) is 11.8 Å². The number of hydrogen-bond acceptors (Lipinski definition) is 6. The Morgan fingerprint density at radius 2 is 1.84 bits per heavy atom. The van der Waals surface area contributed by atoms with Gasteiger partial charge in [0.1, 0.15) is 11.5 Å². The van der Waals surface area contributed by atoms with Crippen LogP contribution in [0, 0.1) is 0 Å². The first-order chi connectivity index (χ1) is 15.4. The van der Waals surface area contributed by atoms with Crippen molar-refractivity contribution in [3.05, 3.63) is 72.8 Å². The van der Waals surface area contributed by atoms with E-state index < -0.39 is 22.0 Å². The van der Waals surface area contributed by atoms with Crippen molar-refractivity contribution in [3.63, 3.8) is 0 Å². The van der Waals surface area contributed by atoms with Crippen LogP contribution in [0.25, 0.3) is 0 Å². The third-order valence-corrected chi connectivity index (χ3v) is 7.53. The number of anilines is 2. The molecule has 0 radical (unpaired) electrons. The SMILES string of the molecule is COc1ccc(S(=O)(=O)N2C[C@H](C(=O)Nc3cccc(SC)c3)Oc3ccccc32)cc1. The largest absolute Gasteiger partial charge is 0.497 e. The Morgan fingerprint density at radius 1 is 1.09 bits per heavy atom. The molecular formula is C23H22N2O5S2. The summed E-state index contributed by atoms with van der Waals surface area (Å²) in [6.45, 7) is -0.153. The van der Waals surface area contributed by atoms with E-state index in [0.29, 0.717) is 22.9 Å². The molecule has 0 fully saturated rings. The molecular weight excluding hydrogens is 448 g/mol. The minimum Gasteiger partial charge on any atom is -0.497 e. The zero-order valence-electron chi connectivity index (χ0n) is 17.5. The molecule has 0 aromatic heterocycles. The van der Waals surface area contributed by atoms with E-state index in [-0.39, 0.29) is 11.4 Å². The molecule has 32 heavy (non-hydrogen) atoms. The van der Waals surface area contributed by atoms with Crippen molar-refractivity contribution in [2.75, 3.05) is 29.5 Å². The van der Waals surface area contributed by atoms with Gasteiger partial charge in [-0.2, -0.15) is 0 Å². The number of carbonyl (C=O) groups excluding carboxylic acids is 1. The maximum atomic E-state index is 13.5. The van der Waals surface area contributed by atoms with Crippen molar-refractivity contribution >= 4 is 39.1 Å². The highest BCUT2D eigenvalue weighted by atomic mass is 32.2. The van der Waals surface area contributed by atoms with Crippen LogP contribution in [0.5, 0.6) is 11.5 Å². The monoisotopic (exact) mass is 470 g/mol. The fourth-order valence-corrected chi connectivity index (χ4v) is 5.30. The normalized spacial score (nSPS) is 15.4. The number of rotatable bonds is 6. The molecule has 0 unspecified atom stereocenters. The van der Waals surface area contributed by atoms with Crippen LogP contribution < -0.4 is 19.1 Å². The summed E-state index contributed by atoms with van der Waals surface area (Å²) in [5.41, 5.74) is 1.01. The Labute approximate surface area is 191 Å². The summed E-state index contributed by atoms with van der Waals surface area (Å²) < 4.78 is 39.1. The minimum atomic E-state index is -3.94. The molecule has 0 aliphatic carbocycles. The second-order valence-electron chi connectivity index (χ2n) is 7.01. The number of para-hydroxylation sites is 2. The number of thioether (sulfide) groups is 1. The number of carbonyl (C=O) groups is 1. The lowest BCUT2D eigenvalue weighted by Crippen LogP contribution is -2.48. The molecule has 3 aromatic carbocycles. The third-order valence-electron chi connectivity index (χ3n) is 5.01. The number of nitrogens with one attached hydrogen (secondary N) is 1. The van der Waals surface area contributed by atoms with E-state index in [1.165, 1.54) is 23.5 Å². The van der Waals surface area contributed by atoms with Crippen LogP contribution in [0.2, 0.25) is 0 Å². The van der Waals surface area contributed by atoms with E-state index in [0.717, 1.165) is 4.90 Å². The van der Waals surface area contributed by atoms with Crippen LogP contribution in [-0.4, -0.2) is 40.3 Å². The fraction of sp³-hybridized carbons (Fsp3) is 0.174. The molecule has 0 saturated heterocycles. The van der Waals surface area contributed by atoms with Gasteiger partial charge >= 0.3 is 0 Å². The zero-order chi connectivity index (χ0) is 22.7. The Morgan fingerprint density at radius 3 is 2.56 bits per heavy atom. The summed E-state index contributed by atoms with van der Waals surface area (Å²) in [6, 6.07) is 20.3. The third kappa shape index (κ3) is 4.39. The van der Waals surface area contributed by atoms with Gasteiger partial charge in [-0.25, -0.2) is 8.42 Å². The summed E-state index contributed by atoms with van der Waals surface area (Å²) in [7, 11) is -2.42. The Bertz CT molecular complexity index is 1230. The molecule has 3 aromatic rings. The molecule has 4 rings (SSSR count). The first-order valence-corrected chi connectivity index (χ1v) is 12.5. The van der Waals surface area contributed by atoms with Crippen molar-refractivity contribution in [2.45, 2.75) is 15.9 Å². The van der Waals surface area contributed by atoms with Crippen molar-refractivity contribution < 1.29 is 22.7 Å². The zero-order valence-corrected chi connectivity index (χ0v) is 19.2. The molecule has 1 aliphatic rings. The van der Waals surface area contributed by atoms with Gasteiger partial charge in [0.2, 0.25) is 0 Å².